The van der Waals surface area contributed by atoms with Crippen LogP contribution in [0.2, 0.25) is 0 Å². The zero-order valence-electron chi connectivity index (χ0n) is 10.4. The average molecular weight is 221 g/mol. The number of rotatable bonds is 4. The molecule has 1 heterocycles. The molecule has 0 radical (unpaired) electrons. The highest BCUT2D eigenvalue weighted by molar-refractivity contribution is 4.99. The van der Waals surface area contributed by atoms with Crippen LogP contribution < -0.4 is 5.32 Å². The van der Waals surface area contributed by atoms with Gasteiger partial charge in [0.1, 0.15) is 0 Å². The van der Waals surface area contributed by atoms with Crippen LogP contribution in [0.5, 0.6) is 0 Å². The zero-order valence-corrected chi connectivity index (χ0v) is 10.4. The first-order valence-electron chi connectivity index (χ1n) is 6.53. The van der Waals surface area contributed by atoms with Crippen molar-refractivity contribution in [2.45, 2.75) is 64.6 Å². The van der Waals surface area contributed by atoms with Gasteiger partial charge in [-0.25, -0.2) is 0 Å². The summed E-state index contributed by atoms with van der Waals surface area (Å²) in [6, 6.07) is 3.30. The van der Waals surface area contributed by atoms with E-state index in [4.69, 9.17) is 0 Å². The molecule has 0 spiro atoms. The molecule has 0 saturated heterocycles. The molecule has 3 nitrogen and oxygen atoms in total. The molecule has 2 rings (SSSR count). The minimum absolute atomic E-state index is 0.462. The van der Waals surface area contributed by atoms with Crippen molar-refractivity contribution in [2.75, 3.05) is 0 Å². The fourth-order valence-corrected chi connectivity index (χ4v) is 2.31. The number of nitrogens with zero attached hydrogens (tertiary/aromatic N) is 2. The first-order valence-corrected chi connectivity index (χ1v) is 6.53. The van der Waals surface area contributed by atoms with Gasteiger partial charge in [-0.2, -0.15) is 5.10 Å². The standard InChI is InChI=1S/C13H23N3/c1-11(2)16-9-8-13(15-16)10-14-12-6-4-3-5-7-12/h8-9,11-12,14H,3-7,10H2,1-2H3. The smallest absolute Gasteiger partial charge is 0.0762 e. The van der Waals surface area contributed by atoms with Crippen LogP contribution in [-0.4, -0.2) is 15.8 Å². The van der Waals surface area contributed by atoms with Gasteiger partial charge in [-0.1, -0.05) is 19.3 Å². The Morgan fingerprint density at radius 2 is 2.12 bits per heavy atom. The lowest BCUT2D eigenvalue weighted by Gasteiger charge is -2.22. The third-order valence-electron chi connectivity index (χ3n) is 3.37. The molecule has 0 bridgehead atoms. The van der Waals surface area contributed by atoms with Crippen LogP contribution in [0.4, 0.5) is 0 Å². The fraction of sp³-hybridized carbons (Fsp3) is 0.769. The van der Waals surface area contributed by atoms with Gasteiger partial charge in [0.05, 0.1) is 5.69 Å². The molecule has 1 aliphatic rings. The molecule has 1 aromatic heterocycles. The highest BCUT2D eigenvalue weighted by Gasteiger charge is 2.12. The molecule has 0 aliphatic heterocycles. The van der Waals surface area contributed by atoms with Crippen LogP contribution >= 0.6 is 0 Å². The normalized spacial score (nSPS) is 18.2. The summed E-state index contributed by atoms with van der Waals surface area (Å²) < 4.78 is 2.03. The molecule has 1 N–H and O–H groups in total. The van der Waals surface area contributed by atoms with Crippen molar-refractivity contribution in [3.05, 3.63) is 18.0 Å². The third kappa shape index (κ3) is 3.08. The molecule has 1 aromatic rings. The lowest BCUT2D eigenvalue weighted by Crippen LogP contribution is -2.30. The summed E-state index contributed by atoms with van der Waals surface area (Å²) >= 11 is 0. The van der Waals surface area contributed by atoms with E-state index in [-0.39, 0.29) is 0 Å². The molecule has 0 atom stereocenters. The van der Waals surface area contributed by atoms with Gasteiger partial charge in [0, 0.05) is 24.8 Å². The summed E-state index contributed by atoms with van der Waals surface area (Å²) in [4.78, 5) is 0. The van der Waals surface area contributed by atoms with E-state index in [1.54, 1.807) is 0 Å². The molecule has 16 heavy (non-hydrogen) atoms. The van der Waals surface area contributed by atoms with Crippen molar-refractivity contribution in [1.29, 1.82) is 0 Å². The Bertz CT molecular complexity index is 311. The fourth-order valence-electron chi connectivity index (χ4n) is 2.31. The van der Waals surface area contributed by atoms with Crippen LogP contribution in [0.25, 0.3) is 0 Å². The van der Waals surface area contributed by atoms with Crippen LogP contribution in [0.3, 0.4) is 0 Å². The van der Waals surface area contributed by atoms with Gasteiger partial charge in [0.25, 0.3) is 0 Å². The molecule has 90 valence electrons. The Hall–Kier alpha value is -0.830. The summed E-state index contributed by atoms with van der Waals surface area (Å²) in [7, 11) is 0. The average Bonchev–Trinajstić information content (AvgIpc) is 2.76. The van der Waals surface area contributed by atoms with Crippen molar-refractivity contribution in [3.63, 3.8) is 0 Å². The quantitative estimate of drug-likeness (QED) is 0.847. The first-order chi connectivity index (χ1) is 7.75. The van der Waals surface area contributed by atoms with E-state index < -0.39 is 0 Å². The van der Waals surface area contributed by atoms with Crippen LogP contribution in [0.1, 0.15) is 57.7 Å². The highest BCUT2D eigenvalue weighted by atomic mass is 15.3. The minimum atomic E-state index is 0.462. The van der Waals surface area contributed by atoms with E-state index in [9.17, 15) is 0 Å². The van der Waals surface area contributed by atoms with E-state index >= 15 is 0 Å². The third-order valence-corrected chi connectivity index (χ3v) is 3.37. The summed E-state index contributed by atoms with van der Waals surface area (Å²) in [5.41, 5.74) is 1.17. The van der Waals surface area contributed by atoms with Gasteiger partial charge in [-0.3, -0.25) is 4.68 Å². The predicted molar refractivity (Wildman–Crippen MR) is 66.3 cm³/mol. The molecule has 1 saturated carbocycles. The Kier molecular flexibility index (Phi) is 3.99. The summed E-state index contributed by atoms with van der Waals surface area (Å²) in [6.45, 7) is 5.24. The van der Waals surface area contributed by atoms with Crippen molar-refractivity contribution >= 4 is 0 Å². The molecule has 0 unspecified atom stereocenters. The second-order valence-corrected chi connectivity index (χ2v) is 5.10. The summed E-state index contributed by atoms with van der Waals surface area (Å²) in [6.07, 6.45) is 8.94. The van der Waals surface area contributed by atoms with E-state index in [2.05, 4.69) is 36.5 Å². The maximum Gasteiger partial charge on any atom is 0.0762 e. The largest absolute Gasteiger partial charge is 0.308 e. The maximum atomic E-state index is 4.55. The highest BCUT2D eigenvalue weighted by Crippen LogP contribution is 2.17. The van der Waals surface area contributed by atoms with Gasteiger partial charge in [-0.05, 0) is 32.8 Å². The van der Waals surface area contributed by atoms with Crippen LogP contribution in [0, 0.1) is 0 Å². The van der Waals surface area contributed by atoms with Crippen molar-refractivity contribution in [1.82, 2.24) is 15.1 Å². The Labute approximate surface area is 98.2 Å². The number of nitrogens with one attached hydrogen (secondary N) is 1. The molecule has 0 amide bonds. The van der Waals surface area contributed by atoms with E-state index in [0.29, 0.717) is 6.04 Å². The predicted octanol–water partition coefficient (Wildman–Crippen LogP) is 2.89. The van der Waals surface area contributed by atoms with Gasteiger partial charge >= 0.3 is 0 Å². The Balaban J connectivity index is 1.79. The molecule has 0 aromatic carbocycles. The van der Waals surface area contributed by atoms with Gasteiger partial charge < -0.3 is 5.32 Å². The number of aromatic nitrogens is 2. The lowest BCUT2D eigenvalue weighted by molar-refractivity contribution is 0.369. The second kappa shape index (κ2) is 5.48. The van der Waals surface area contributed by atoms with Crippen LogP contribution in [-0.2, 0) is 6.54 Å². The maximum absolute atomic E-state index is 4.55. The van der Waals surface area contributed by atoms with Crippen LogP contribution in [0.15, 0.2) is 12.3 Å². The molecular formula is C13H23N3. The SMILES string of the molecule is CC(C)n1ccc(CNC2CCCCC2)n1. The van der Waals surface area contributed by atoms with Gasteiger partial charge in [0.15, 0.2) is 0 Å². The molecular weight excluding hydrogens is 198 g/mol. The topological polar surface area (TPSA) is 29.9 Å². The monoisotopic (exact) mass is 221 g/mol. The Morgan fingerprint density at radius 3 is 2.75 bits per heavy atom. The second-order valence-electron chi connectivity index (χ2n) is 5.10. The van der Waals surface area contributed by atoms with Crippen molar-refractivity contribution in [2.24, 2.45) is 0 Å². The molecule has 3 heteroatoms. The minimum Gasteiger partial charge on any atom is -0.308 e. The van der Waals surface area contributed by atoms with E-state index in [1.165, 1.54) is 37.8 Å². The summed E-state index contributed by atoms with van der Waals surface area (Å²) in [5, 5.41) is 8.16. The van der Waals surface area contributed by atoms with Crippen molar-refractivity contribution < 1.29 is 0 Å². The van der Waals surface area contributed by atoms with E-state index in [1.807, 2.05) is 4.68 Å². The molecule has 1 fully saturated rings. The first kappa shape index (κ1) is 11.6. The summed E-state index contributed by atoms with van der Waals surface area (Å²) in [5.74, 6) is 0. The lowest BCUT2D eigenvalue weighted by atomic mass is 9.95. The number of hydrogen-bond acceptors (Lipinski definition) is 2. The van der Waals surface area contributed by atoms with Gasteiger partial charge in [-0.15, -0.1) is 0 Å². The number of hydrogen-bond donors (Lipinski definition) is 1. The van der Waals surface area contributed by atoms with E-state index in [0.717, 1.165) is 12.6 Å². The van der Waals surface area contributed by atoms with Crippen molar-refractivity contribution in [3.8, 4) is 0 Å². The molecule has 1 aliphatic carbocycles. The van der Waals surface area contributed by atoms with Gasteiger partial charge in [0.2, 0.25) is 0 Å². The Morgan fingerprint density at radius 1 is 1.38 bits per heavy atom. The zero-order chi connectivity index (χ0) is 11.4.